The fraction of sp³-hybridized carbons (Fsp3) is 0.571. The summed E-state index contributed by atoms with van der Waals surface area (Å²) in [5, 5.41) is 0. The molecule has 1 aliphatic rings. The van der Waals surface area contributed by atoms with E-state index in [0.29, 0.717) is 30.2 Å². The van der Waals surface area contributed by atoms with Gasteiger partial charge in [0.25, 0.3) is 0 Å². The highest BCUT2D eigenvalue weighted by Gasteiger charge is 2.32. The SMILES string of the molecule is COc1ccc(S(=O)(=O)N2CCC(N)C(C)C2)cc1C.Cl. The summed E-state index contributed by atoms with van der Waals surface area (Å²) in [4.78, 5) is 0.318. The number of piperidine rings is 1. The molecule has 0 spiro atoms. The molecule has 0 radical (unpaired) electrons. The molecule has 1 aliphatic heterocycles. The number of sulfonamides is 1. The lowest BCUT2D eigenvalue weighted by atomic mass is 9.96. The van der Waals surface area contributed by atoms with Crippen molar-refractivity contribution in [3.05, 3.63) is 23.8 Å². The zero-order chi connectivity index (χ0) is 14.9. The van der Waals surface area contributed by atoms with Crippen molar-refractivity contribution >= 4 is 22.4 Å². The second-order valence-electron chi connectivity index (χ2n) is 5.42. The molecule has 0 amide bonds. The molecule has 0 aliphatic carbocycles. The van der Waals surface area contributed by atoms with Crippen LogP contribution < -0.4 is 10.5 Å². The average molecular weight is 335 g/mol. The molecule has 0 saturated carbocycles. The third kappa shape index (κ3) is 3.69. The second-order valence-corrected chi connectivity index (χ2v) is 7.36. The summed E-state index contributed by atoms with van der Waals surface area (Å²) in [6, 6.07) is 5.04. The highest BCUT2D eigenvalue weighted by molar-refractivity contribution is 7.89. The van der Waals surface area contributed by atoms with E-state index >= 15 is 0 Å². The molecule has 1 aromatic carbocycles. The van der Waals surface area contributed by atoms with E-state index in [1.807, 2.05) is 13.8 Å². The first-order valence-corrected chi connectivity index (χ1v) is 8.20. The number of aryl methyl sites for hydroxylation is 1. The van der Waals surface area contributed by atoms with Gasteiger partial charge in [0.1, 0.15) is 5.75 Å². The zero-order valence-electron chi connectivity index (χ0n) is 12.6. The molecule has 1 fully saturated rings. The van der Waals surface area contributed by atoms with Crippen LogP contribution in [0, 0.1) is 12.8 Å². The minimum atomic E-state index is -3.44. The van der Waals surface area contributed by atoms with Crippen LogP contribution in [0.25, 0.3) is 0 Å². The first kappa shape index (κ1) is 18.2. The summed E-state index contributed by atoms with van der Waals surface area (Å²) in [5.41, 5.74) is 6.76. The summed E-state index contributed by atoms with van der Waals surface area (Å²) >= 11 is 0. The van der Waals surface area contributed by atoms with Gasteiger partial charge < -0.3 is 10.5 Å². The van der Waals surface area contributed by atoms with E-state index in [4.69, 9.17) is 10.5 Å². The maximum atomic E-state index is 12.6. The van der Waals surface area contributed by atoms with E-state index in [2.05, 4.69) is 0 Å². The van der Waals surface area contributed by atoms with Crippen LogP contribution in [-0.4, -0.2) is 39.0 Å². The van der Waals surface area contributed by atoms with Crippen molar-refractivity contribution < 1.29 is 13.2 Å². The third-order valence-electron chi connectivity index (χ3n) is 3.94. The van der Waals surface area contributed by atoms with Gasteiger partial charge in [-0.2, -0.15) is 4.31 Å². The first-order chi connectivity index (χ1) is 9.36. The maximum absolute atomic E-state index is 12.6. The van der Waals surface area contributed by atoms with Gasteiger partial charge in [0.2, 0.25) is 10.0 Å². The summed E-state index contributed by atoms with van der Waals surface area (Å²) < 4.78 is 32.0. The van der Waals surface area contributed by atoms with Crippen molar-refractivity contribution in [1.29, 1.82) is 0 Å². The Hall–Kier alpha value is -0.820. The topological polar surface area (TPSA) is 72.6 Å². The van der Waals surface area contributed by atoms with Gasteiger partial charge in [0.05, 0.1) is 12.0 Å². The van der Waals surface area contributed by atoms with Crippen molar-refractivity contribution in [2.24, 2.45) is 11.7 Å². The van der Waals surface area contributed by atoms with E-state index in [1.165, 1.54) is 4.31 Å². The van der Waals surface area contributed by atoms with Crippen LogP contribution >= 0.6 is 12.4 Å². The standard InChI is InChI=1S/C14H22N2O3S.ClH/c1-10-8-12(4-5-14(10)19-3)20(17,18)16-7-6-13(15)11(2)9-16;/h4-5,8,11,13H,6-7,9,15H2,1-3H3;1H. The van der Waals surface area contributed by atoms with E-state index in [1.54, 1.807) is 25.3 Å². The first-order valence-electron chi connectivity index (χ1n) is 6.76. The Labute approximate surface area is 132 Å². The van der Waals surface area contributed by atoms with Gasteiger partial charge in [-0.05, 0) is 43.0 Å². The maximum Gasteiger partial charge on any atom is 0.243 e. The number of hydrogen-bond acceptors (Lipinski definition) is 4. The number of nitrogens with two attached hydrogens (primary N) is 1. The van der Waals surface area contributed by atoms with Crippen molar-refractivity contribution in [2.75, 3.05) is 20.2 Å². The van der Waals surface area contributed by atoms with E-state index in [0.717, 1.165) is 5.56 Å². The van der Waals surface area contributed by atoms with Crippen LogP contribution in [-0.2, 0) is 10.0 Å². The lowest BCUT2D eigenvalue weighted by Crippen LogP contribution is -2.48. The Morgan fingerprint density at radius 1 is 1.38 bits per heavy atom. The largest absolute Gasteiger partial charge is 0.496 e. The molecular weight excluding hydrogens is 312 g/mol. The summed E-state index contributed by atoms with van der Waals surface area (Å²) in [6.45, 7) is 4.80. The van der Waals surface area contributed by atoms with E-state index in [9.17, 15) is 8.42 Å². The Morgan fingerprint density at radius 2 is 2.05 bits per heavy atom. The number of ether oxygens (including phenoxy) is 1. The van der Waals surface area contributed by atoms with Gasteiger partial charge in [0.15, 0.2) is 0 Å². The van der Waals surface area contributed by atoms with Gasteiger partial charge >= 0.3 is 0 Å². The molecule has 120 valence electrons. The predicted molar refractivity (Wildman–Crippen MR) is 85.5 cm³/mol. The normalized spacial score (nSPS) is 23.4. The van der Waals surface area contributed by atoms with Gasteiger partial charge in [-0.25, -0.2) is 8.42 Å². The van der Waals surface area contributed by atoms with Crippen LogP contribution in [0.2, 0.25) is 0 Å². The number of methoxy groups -OCH3 is 1. The number of rotatable bonds is 3. The van der Waals surface area contributed by atoms with Gasteiger partial charge in [-0.15, -0.1) is 12.4 Å². The lowest BCUT2D eigenvalue weighted by molar-refractivity contribution is 0.250. The highest BCUT2D eigenvalue weighted by atomic mass is 35.5. The van der Waals surface area contributed by atoms with Crippen LogP contribution in [0.3, 0.4) is 0 Å². The van der Waals surface area contributed by atoms with Crippen LogP contribution in [0.15, 0.2) is 23.1 Å². The monoisotopic (exact) mass is 334 g/mol. The van der Waals surface area contributed by atoms with Gasteiger partial charge in [-0.1, -0.05) is 6.92 Å². The minimum Gasteiger partial charge on any atom is -0.496 e. The molecule has 21 heavy (non-hydrogen) atoms. The summed E-state index contributed by atoms with van der Waals surface area (Å²) in [5.74, 6) is 0.871. The zero-order valence-corrected chi connectivity index (χ0v) is 14.2. The molecule has 7 heteroatoms. The quantitative estimate of drug-likeness (QED) is 0.914. The Kier molecular flexibility index (Phi) is 6.04. The minimum absolute atomic E-state index is 0. The average Bonchev–Trinajstić information content (AvgIpc) is 2.41. The van der Waals surface area contributed by atoms with E-state index < -0.39 is 10.0 Å². The van der Waals surface area contributed by atoms with Crippen molar-refractivity contribution in [3.63, 3.8) is 0 Å². The van der Waals surface area contributed by atoms with Gasteiger partial charge in [-0.3, -0.25) is 0 Å². The number of hydrogen-bond donors (Lipinski definition) is 1. The molecule has 2 atom stereocenters. The molecule has 2 unspecified atom stereocenters. The van der Waals surface area contributed by atoms with Crippen molar-refractivity contribution in [1.82, 2.24) is 4.31 Å². The third-order valence-corrected chi connectivity index (χ3v) is 5.80. The smallest absolute Gasteiger partial charge is 0.243 e. The highest BCUT2D eigenvalue weighted by Crippen LogP contribution is 2.26. The molecule has 1 aromatic rings. The summed E-state index contributed by atoms with van der Waals surface area (Å²) in [6.07, 6.45) is 0.704. The number of nitrogens with zero attached hydrogens (tertiary/aromatic N) is 1. The Morgan fingerprint density at radius 3 is 2.57 bits per heavy atom. The molecule has 1 heterocycles. The van der Waals surface area contributed by atoms with Gasteiger partial charge in [0, 0.05) is 19.1 Å². The van der Waals surface area contributed by atoms with E-state index in [-0.39, 0.29) is 24.4 Å². The molecule has 1 saturated heterocycles. The molecular formula is C14H23ClN2O3S. The van der Waals surface area contributed by atoms with Crippen molar-refractivity contribution in [3.8, 4) is 5.75 Å². The second kappa shape index (κ2) is 6.96. The molecule has 0 aromatic heterocycles. The number of halogens is 1. The van der Waals surface area contributed by atoms with Crippen LogP contribution in [0.5, 0.6) is 5.75 Å². The molecule has 2 rings (SSSR count). The number of benzene rings is 1. The molecule has 5 nitrogen and oxygen atoms in total. The molecule has 2 N–H and O–H groups in total. The molecule has 0 bridgehead atoms. The van der Waals surface area contributed by atoms with Crippen molar-refractivity contribution in [2.45, 2.75) is 31.2 Å². The summed E-state index contributed by atoms with van der Waals surface area (Å²) in [7, 11) is -1.87. The lowest BCUT2D eigenvalue weighted by Gasteiger charge is -2.34. The predicted octanol–water partition coefficient (Wildman–Crippen LogP) is 1.78. The Balaban J connectivity index is 0.00000220. The van der Waals surface area contributed by atoms with Crippen LogP contribution in [0.1, 0.15) is 18.9 Å². The Bertz CT molecular complexity index is 592. The fourth-order valence-electron chi connectivity index (χ4n) is 2.50. The van der Waals surface area contributed by atoms with Crippen LogP contribution in [0.4, 0.5) is 0 Å². The fourth-order valence-corrected chi connectivity index (χ4v) is 4.15.